The molecular formula is C15H22FNO3S. The Hall–Kier alpha value is -1.27. The van der Waals surface area contributed by atoms with Crippen LogP contribution < -0.4 is 5.32 Å². The number of carbonyl (C=O) groups excluding carboxylic acids is 1. The van der Waals surface area contributed by atoms with Crippen LogP contribution in [0.4, 0.5) is 4.39 Å². The summed E-state index contributed by atoms with van der Waals surface area (Å²) in [6, 6.07) is 5.80. The smallest absolute Gasteiger partial charge is 0.232 e. The number of carbonyl (C=O) groups is 1. The predicted octanol–water partition coefficient (Wildman–Crippen LogP) is 2.01. The third-order valence-electron chi connectivity index (χ3n) is 2.63. The van der Waals surface area contributed by atoms with Gasteiger partial charge in [0.1, 0.15) is 11.6 Å². The maximum Gasteiger partial charge on any atom is 0.232 e. The number of benzene rings is 1. The molecule has 4 nitrogen and oxygen atoms in total. The summed E-state index contributed by atoms with van der Waals surface area (Å²) in [6.45, 7) is 5.02. The van der Waals surface area contributed by atoms with Crippen molar-refractivity contribution in [2.45, 2.75) is 32.1 Å². The van der Waals surface area contributed by atoms with Crippen molar-refractivity contribution >= 4 is 16.7 Å². The van der Waals surface area contributed by atoms with Gasteiger partial charge in [-0.15, -0.1) is 0 Å². The van der Waals surface area contributed by atoms with Crippen molar-refractivity contribution in [3.05, 3.63) is 35.6 Å². The van der Waals surface area contributed by atoms with Gasteiger partial charge in [0.15, 0.2) is 0 Å². The van der Waals surface area contributed by atoms with Crippen molar-refractivity contribution in [3.63, 3.8) is 0 Å². The van der Waals surface area contributed by atoms with Crippen LogP contribution in [0.1, 0.15) is 25.8 Å². The zero-order valence-electron chi connectivity index (χ0n) is 12.4. The van der Waals surface area contributed by atoms with Crippen LogP contribution in [0, 0.1) is 5.82 Å². The molecule has 1 atom stereocenters. The summed E-state index contributed by atoms with van der Waals surface area (Å²) < 4.78 is 29.9. The summed E-state index contributed by atoms with van der Waals surface area (Å²) >= 11 is 0. The fourth-order valence-electron chi connectivity index (χ4n) is 1.63. The first kappa shape index (κ1) is 17.8. The van der Waals surface area contributed by atoms with Crippen LogP contribution in [0.15, 0.2) is 24.3 Å². The molecule has 0 unspecified atom stereocenters. The molecule has 0 heterocycles. The largest absolute Gasteiger partial charge is 0.379 e. The highest BCUT2D eigenvalue weighted by atomic mass is 32.2. The molecule has 21 heavy (non-hydrogen) atoms. The van der Waals surface area contributed by atoms with Crippen LogP contribution in [-0.4, -0.2) is 35.1 Å². The third-order valence-corrected chi connectivity index (χ3v) is 3.87. The van der Waals surface area contributed by atoms with Crippen LogP contribution in [0.5, 0.6) is 0 Å². The van der Waals surface area contributed by atoms with E-state index in [1.807, 2.05) is 13.8 Å². The Labute approximate surface area is 127 Å². The molecule has 0 aromatic heterocycles. The number of nitrogens with one attached hydrogen (secondary N) is 1. The Morgan fingerprint density at radius 2 is 2.00 bits per heavy atom. The average molecular weight is 315 g/mol. The SMILES string of the molecule is CC(C)OCCCNC(=O)C[S@@](=O)Cc1ccc(F)cc1. The van der Waals surface area contributed by atoms with Gasteiger partial charge >= 0.3 is 0 Å². The van der Waals surface area contributed by atoms with Gasteiger partial charge in [-0.2, -0.15) is 0 Å². The zero-order chi connectivity index (χ0) is 15.7. The molecule has 0 spiro atoms. The lowest BCUT2D eigenvalue weighted by Crippen LogP contribution is -2.30. The average Bonchev–Trinajstić information content (AvgIpc) is 2.40. The Bertz CT molecular complexity index is 462. The highest BCUT2D eigenvalue weighted by molar-refractivity contribution is 7.84. The lowest BCUT2D eigenvalue weighted by molar-refractivity contribution is -0.118. The van der Waals surface area contributed by atoms with Gasteiger partial charge in [-0.3, -0.25) is 9.00 Å². The van der Waals surface area contributed by atoms with Gasteiger partial charge in [-0.1, -0.05) is 12.1 Å². The van der Waals surface area contributed by atoms with Crippen molar-refractivity contribution in [3.8, 4) is 0 Å². The lowest BCUT2D eigenvalue weighted by Gasteiger charge is -2.08. The first-order chi connectivity index (χ1) is 9.97. The second kappa shape index (κ2) is 9.63. The van der Waals surface area contributed by atoms with Crippen molar-refractivity contribution in [1.82, 2.24) is 5.32 Å². The number of amides is 1. The lowest BCUT2D eigenvalue weighted by atomic mass is 10.2. The van der Waals surface area contributed by atoms with E-state index in [1.165, 1.54) is 12.1 Å². The number of ether oxygens (including phenoxy) is 1. The first-order valence-electron chi connectivity index (χ1n) is 6.95. The molecule has 1 rings (SSSR count). The second-order valence-electron chi connectivity index (χ2n) is 4.98. The monoisotopic (exact) mass is 315 g/mol. The number of rotatable bonds is 9. The van der Waals surface area contributed by atoms with Gasteiger partial charge in [0.2, 0.25) is 5.91 Å². The highest BCUT2D eigenvalue weighted by Crippen LogP contribution is 2.05. The quantitative estimate of drug-likeness (QED) is 0.709. The molecule has 118 valence electrons. The van der Waals surface area contributed by atoms with Gasteiger partial charge in [0.05, 0.1) is 6.10 Å². The van der Waals surface area contributed by atoms with Gasteiger partial charge in [0.25, 0.3) is 0 Å². The Kier molecular flexibility index (Phi) is 8.15. The van der Waals surface area contributed by atoms with E-state index in [9.17, 15) is 13.4 Å². The van der Waals surface area contributed by atoms with E-state index < -0.39 is 10.8 Å². The molecule has 1 aromatic carbocycles. The molecule has 6 heteroatoms. The minimum Gasteiger partial charge on any atom is -0.379 e. The van der Waals surface area contributed by atoms with Crippen molar-refractivity contribution in [2.75, 3.05) is 18.9 Å². The van der Waals surface area contributed by atoms with E-state index in [4.69, 9.17) is 4.74 Å². The van der Waals surface area contributed by atoms with Gasteiger partial charge in [0, 0.05) is 29.7 Å². The number of hydrogen-bond donors (Lipinski definition) is 1. The predicted molar refractivity (Wildman–Crippen MR) is 81.8 cm³/mol. The molecule has 0 fully saturated rings. The van der Waals surface area contributed by atoms with Gasteiger partial charge in [-0.05, 0) is 38.0 Å². The highest BCUT2D eigenvalue weighted by Gasteiger charge is 2.08. The van der Waals surface area contributed by atoms with Crippen molar-refractivity contribution in [1.29, 1.82) is 0 Å². The molecule has 0 aliphatic heterocycles. The maximum atomic E-state index is 12.7. The fourth-order valence-corrected chi connectivity index (χ4v) is 2.69. The minimum absolute atomic E-state index is 0.0393. The van der Waals surface area contributed by atoms with Crippen LogP contribution in [-0.2, 0) is 26.1 Å². The zero-order valence-corrected chi connectivity index (χ0v) is 13.2. The Morgan fingerprint density at radius 3 is 2.62 bits per heavy atom. The van der Waals surface area contributed by atoms with Crippen LogP contribution in [0.2, 0.25) is 0 Å². The molecule has 0 saturated carbocycles. The van der Waals surface area contributed by atoms with Crippen LogP contribution >= 0.6 is 0 Å². The van der Waals surface area contributed by atoms with E-state index in [-0.39, 0.29) is 29.3 Å². The van der Waals surface area contributed by atoms with Crippen molar-refractivity contribution in [2.24, 2.45) is 0 Å². The minimum atomic E-state index is -1.29. The van der Waals surface area contributed by atoms with E-state index in [2.05, 4.69) is 5.32 Å². The molecule has 1 aromatic rings. The summed E-state index contributed by atoms with van der Waals surface area (Å²) in [5.74, 6) is -0.349. The fraction of sp³-hybridized carbons (Fsp3) is 0.533. The molecule has 0 saturated heterocycles. The van der Waals surface area contributed by atoms with Crippen molar-refractivity contribution < 1.29 is 18.1 Å². The normalized spacial score (nSPS) is 12.4. The topological polar surface area (TPSA) is 55.4 Å². The van der Waals surface area contributed by atoms with E-state index >= 15 is 0 Å². The molecular weight excluding hydrogens is 293 g/mol. The summed E-state index contributed by atoms with van der Waals surface area (Å²) in [5.41, 5.74) is 0.757. The third kappa shape index (κ3) is 8.57. The van der Waals surface area contributed by atoms with E-state index in [0.717, 1.165) is 12.0 Å². The molecule has 0 radical (unpaired) electrons. The number of halogens is 1. The molecule has 1 amide bonds. The van der Waals surface area contributed by atoms with Crippen LogP contribution in [0.25, 0.3) is 0 Å². The van der Waals surface area contributed by atoms with Gasteiger partial charge in [-0.25, -0.2) is 4.39 Å². The summed E-state index contributed by atoms with van der Waals surface area (Å²) in [7, 11) is -1.29. The maximum absolute atomic E-state index is 12.7. The molecule has 0 aliphatic rings. The van der Waals surface area contributed by atoms with Gasteiger partial charge < -0.3 is 10.1 Å². The Morgan fingerprint density at radius 1 is 1.33 bits per heavy atom. The standard InChI is InChI=1S/C15H22FNO3S/c1-12(2)20-9-3-8-17-15(18)11-21(19)10-13-4-6-14(16)7-5-13/h4-7,12H,3,8-11H2,1-2H3,(H,17,18)/t21-/m0/s1. The molecule has 0 aliphatic carbocycles. The first-order valence-corrected chi connectivity index (χ1v) is 8.44. The summed E-state index contributed by atoms with van der Waals surface area (Å²) in [4.78, 5) is 11.6. The number of hydrogen-bond acceptors (Lipinski definition) is 3. The summed E-state index contributed by atoms with van der Waals surface area (Å²) in [6.07, 6.45) is 0.915. The Balaban J connectivity index is 2.18. The van der Waals surface area contributed by atoms with Crippen LogP contribution in [0.3, 0.4) is 0 Å². The summed E-state index contributed by atoms with van der Waals surface area (Å²) in [5, 5.41) is 2.71. The second-order valence-corrected chi connectivity index (χ2v) is 6.44. The molecule has 1 N–H and O–H groups in total. The van der Waals surface area contributed by atoms with E-state index in [1.54, 1.807) is 12.1 Å². The van der Waals surface area contributed by atoms with E-state index in [0.29, 0.717) is 13.2 Å². The molecule has 0 bridgehead atoms.